The Kier molecular flexibility index (Phi) is 5.37. The van der Waals surface area contributed by atoms with Gasteiger partial charge in [0, 0.05) is 17.9 Å². The number of aryl methyl sites for hydroxylation is 1. The Hall–Kier alpha value is -1.08. The van der Waals surface area contributed by atoms with Crippen LogP contribution in [0.25, 0.3) is 0 Å². The van der Waals surface area contributed by atoms with E-state index < -0.39 is 10.0 Å². The Morgan fingerprint density at radius 3 is 2.53 bits per heavy atom. The number of amides is 1. The van der Waals surface area contributed by atoms with E-state index >= 15 is 0 Å². The predicted octanol–water partition coefficient (Wildman–Crippen LogP) is 1.66. The second-order valence-corrected chi connectivity index (χ2v) is 7.01. The molecule has 0 aromatic heterocycles. The van der Waals surface area contributed by atoms with Gasteiger partial charge in [-0.25, -0.2) is 8.42 Å². The summed E-state index contributed by atoms with van der Waals surface area (Å²) in [5, 5.41) is 2.59. The molecule has 0 heterocycles. The van der Waals surface area contributed by atoms with Crippen LogP contribution in [-0.4, -0.2) is 33.7 Å². The molecular formula is C12H17BrN2O3S. The number of halogens is 1. The molecule has 0 aliphatic carbocycles. The molecule has 5 nitrogen and oxygen atoms in total. The lowest BCUT2D eigenvalue weighted by Gasteiger charge is -2.23. The summed E-state index contributed by atoms with van der Waals surface area (Å²) in [6.45, 7) is 3.80. The molecule has 0 unspecified atom stereocenters. The van der Waals surface area contributed by atoms with Crippen LogP contribution in [0.3, 0.4) is 0 Å². The fourth-order valence-corrected chi connectivity index (χ4v) is 2.84. The van der Waals surface area contributed by atoms with E-state index in [1.54, 1.807) is 12.1 Å². The van der Waals surface area contributed by atoms with Crippen molar-refractivity contribution in [2.45, 2.75) is 13.8 Å². The molecule has 106 valence electrons. The minimum absolute atomic E-state index is 0.182. The highest BCUT2D eigenvalue weighted by molar-refractivity contribution is 9.10. The summed E-state index contributed by atoms with van der Waals surface area (Å²) in [7, 11) is -3.38. The zero-order chi connectivity index (χ0) is 14.6. The first kappa shape index (κ1) is 16.0. The van der Waals surface area contributed by atoms with Gasteiger partial charge in [0.1, 0.15) is 0 Å². The number of carbonyl (C=O) groups excluding carboxylic acids is 1. The van der Waals surface area contributed by atoms with Crippen LogP contribution in [0.2, 0.25) is 0 Å². The molecule has 0 atom stereocenters. The van der Waals surface area contributed by atoms with Gasteiger partial charge in [-0.05, 0) is 24.6 Å². The molecule has 0 saturated carbocycles. The van der Waals surface area contributed by atoms with Crippen molar-refractivity contribution in [3.8, 4) is 0 Å². The topological polar surface area (TPSA) is 66.5 Å². The molecule has 0 fully saturated rings. The molecule has 1 N–H and O–H groups in total. The lowest BCUT2D eigenvalue weighted by Crippen LogP contribution is -2.37. The first-order chi connectivity index (χ1) is 8.71. The van der Waals surface area contributed by atoms with Crippen molar-refractivity contribution in [2.24, 2.45) is 0 Å². The molecule has 7 heteroatoms. The van der Waals surface area contributed by atoms with Gasteiger partial charge in [0.25, 0.3) is 0 Å². The minimum Gasteiger partial charge on any atom is -0.355 e. The van der Waals surface area contributed by atoms with Gasteiger partial charge in [0.2, 0.25) is 15.9 Å². The number of sulfonamides is 1. The average molecular weight is 349 g/mol. The Balaban J connectivity index is 2.97. The average Bonchev–Trinajstić information content (AvgIpc) is 2.26. The maximum absolute atomic E-state index is 11.8. The van der Waals surface area contributed by atoms with E-state index in [0.29, 0.717) is 5.69 Å². The van der Waals surface area contributed by atoms with E-state index in [9.17, 15) is 13.2 Å². The molecular weight excluding hydrogens is 332 g/mol. The van der Waals surface area contributed by atoms with Crippen molar-refractivity contribution in [1.82, 2.24) is 5.32 Å². The van der Waals surface area contributed by atoms with Crippen LogP contribution in [-0.2, 0) is 14.8 Å². The van der Waals surface area contributed by atoms with Gasteiger partial charge in [0.05, 0.1) is 18.5 Å². The Morgan fingerprint density at radius 2 is 2.05 bits per heavy atom. The zero-order valence-electron chi connectivity index (χ0n) is 11.1. The van der Waals surface area contributed by atoms with E-state index in [2.05, 4.69) is 21.2 Å². The number of nitrogens with one attached hydrogen (secondary N) is 1. The molecule has 1 amide bonds. The predicted molar refractivity (Wildman–Crippen MR) is 79.8 cm³/mol. The van der Waals surface area contributed by atoms with Crippen LogP contribution in [0.5, 0.6) is 0 Å². The van der Waals surface area contributed by atoms with Crippen molar-refractivity contribution in [3.05, 3.63) is 28.2 Å². The smallest absolute Gasteiger partial charge is 0.232 e. The molecule has 0 radical (unpaired) electrons. The highest BCUT2D eigenvalue weighted by atomic mass is 79.9. The highest BCUT2D eigenvalue weighted by Gasteiger charge is 2.17. The summed E-state index contributed by atoms with van der Waals surface area (Å²) in [6, 6.07) is 5.34. The fourth-order valence-electron chi connectivity index (χ4n) is 1.56. The van der Waals surface area contributed by atoms with Gasteiger partial charge in [-0.3, -0.25) is 9.10 Å². The van der Waals surface area contributed by atoms with Gasteiger partial charge < -0.3 is 5.32 Å². The SMILES string of the molecule is CC(=O)NCCN(c1ccc(C)c(Br)c1)S(C)(=O)=O. The molecule has 1 aromatic carbocycles. The maximum atomic E-state index is 11.8. The third-order valence-electron chi connectivity index (χ3n) is 2.53. The van der Waals surface area contributed by atoms with Crippen molar-refractivity contribution in [2.75, 3.05) is 23.7 Å². The molecule has 19 heavy (non-hydrogen) atoms. The van der Waals surface area contributed by atoms with Crippen LogP contribution >= 0.6 is 15.9 Å². The van der Waals surface area contributed by atoms with E-state index in [1.165, 1.54) is 11.2 Å². The van der Waals surface area contributed by atoms with Crippen LogP contribution in [0.1, 0.15) is 12.5 Å². The lowest BCUT2D eigenvalue weighted by atomic mass is 10.2. The monoisotopic (exact) mass is 348 g/mol. The van der Waals surface area contributed by atoms with Gasteiger partial charge in [-0.1, -0.05) is 22.0 Å². The number of carbonyl (C=O) groups is 1. The van der Waals surface area contributed by atoms with E-state index in [0.717, 1.165) is 16.3 Å². The largest absolute Gasteiger partial charge is 0.355 e. The van der Waals surface area contributed by atoms with Crippen molar-refractivity contribution >= 4 is 37.5 Å². The fraction of sp³-hybridized carbons (Fsp3) is 0.417. The number of rotatable bonds is 5. The van der Waals surface area contributed by atoms with Gasteiger partial charge in [-0.2, -0.15) is 0 Å². The Bertz CT molecular complexity index is 572. The van der Waals surface area contributed by atoms with E-state index in [1.807, 2.05) is 13.0 Å². The first-order valence-corrected chi connectivity index (χ1v) is 8.34. The van der Waals surface area contributed by atoms with Crippen molar-refractivity contribution in [3.63, 3.8) is 0 Å². The second-order valence-electron chi connectivity index (χ2n) is 4.25. The quantitative estimate of drug-likeness (QED) is 0.879. The number of nitrogens with zero attached hydrogens (tertiary/aromatic N) is 1. The lowest BCUT2D eigenvalue weighted by molar-refractivity contribution is -0.118. The number of anilines is 1. The molecule has 0 saturated heterocycles. The third kappa shape index (κ3) is 4.83. The summed E-state index contributed by atoms with van der Waals surface area (Å²) in [5.74, 6) is -0.182. The van der Waals surface area contributed by atoms with Gasteiger partial charge in [-0.15, -0.1) is 0 Å². The first-order valence-electron chi connectivity index (χ1n) is 5.70. The molecule has 0 aliphatic rings. The maximum Gasteiger partial charge on any atom is 0.232 e. The summed E-state index contributed by atoms with van der Waals surface area (Å²) in [4.78, 5) is 10.8. The van der Waals surface area contributed by atoms with Crippen LogP contribution < -0.4 is 9.62 Å². The summed E-state index contributed by atoms with van der Waals surface area (Å²) in [5.41, 5.74) is 1.60. The van der Waals surface area contributed by atoms with Crippen molar-refractivity contribution < 1.29 is 13.2 Å². The summed E-state index contributed by atoms with van der Waals surface area (Å²) < 4.78 is 25.7. The minimum atomic E-state index is -3.38. The van der Waals surface area contributed by atoms with E-state index in [-0.39, 0.29) is 19.0 Å². The Morgan fingerprint density at radius 1 is 1.42 bits per heavy atom. The van der Waals surface area contributed by atoms with Crippen LogP contribution in [0.15, 0.2) is 22.7 Å². The molecule has 0 spiro atoms. The van der Waals surface area contributed by atoms with Crippen LogP contribution in [0, 0.1) is 6.92 Å². The standard InChI is InChI=1S/C12H17BrN2O3S/c1-9-4-5-11(8-12(9)13)15(19(3,17)18)7-6-14-10(2)16/h4-5,8H,6-7H2,1-3H3,(H,14,16). The summed E-state index contributed by atoms with van der Waals surface area (Å²) >= 11 is 3.38. The number of hydrogen-bond acceptors (Lipinski definition) is 3. The van der Waals surface area contributed by atoms with E-state index in [4.69, 9.17) is 0 Å². The van der Waals surface area contributed by atoms with Crippen LogP contribution in [0.4, 0.5) is 5.69 Å². The Labute approximate surface area is 122 Å². The van der Waals surface area contributed by atoms with Crippen molar-refractivity contribution in [1.29, 1.82) is 0 Å². The molecule has 1 rings (SSSR count). The normalized spacial score (nSPS) is 11.2. The molecule has 0 bridgehead atoms. The molecule has 1 aromatic rings. The van der Waals surface area contributed by atoms with Gasteiger partial charge >= 0.3 is 0 Å². The number of benzene rings is 1. The highest BCUT2D eigenvalue weighted by Crippen LogP contribution is 2.24. The zero-order valence-corrected chi connectivity index (χ0v) is 13.5. The van der Waals surface area contributed by atoms with Gasteiger partial charge in [0.15, 0.2) is 0 Å². The summed E-state index contributed by atoms with van der Waals surface area (Å²) in [6.07, 6.45) is 1.15. The second kappa shape index (κ2) is 6.38. The molecule has 0 aliphatic heterocycles. The number of hydrogen-bond donors (Lipinski definition) is 1. The third-order valence-corrected chi connectivity index (χ3v) is 4.58.